The first kappa shape index (κ1) is 42.2. The minimum Gasteiger partial charge on any atom is -0.407 e. The molecule has 0 aromatic heterocycles. The van der Waals surface area contributed by atoms with E-state index in [0.29, 0.717) is 11.8 Å². The third-order valence-corrected chi connectivity index (χ3v) is 22.0. The molecule has 2 aliphatic rings. The van der Waals surface area contributed by atoms with E-state index in [0.717, 1.165) is 51.7 Å². The van der Waals surface area contributed by atoms with Crippen molar-refractivity contribution in [2.75, 3.05) is 13.2 Å². The molecular weight excluding hydrogens is 697 g/mol. The predicted molar refractivity (Wildman–Crippen MR) is 234 cm³/mol. The fourth-order valence-electron chi connectivity index (χ4n) is 8.95. The third-order valence-electron chi connectivity index (χ3n) is 12.0. The van der Waals surface area contributed by atoms with Crippen LogP contribution >= 0.6 is 0 Å². The molecule has 0 bridgehead atoms. The van der Waals surface area contributed by atoms with Crippen molar-refractivity contribution in [3.05, 3.63) is 121 Å². The summed E-state index contributed by atoms with van der Waals surface area (Å²) in [6, 6.07) is 43.8. The molecule has 8 N–H and O–H groups in total. The normalized spacial score (nSPS) is 24.0. The van der Waals surface area contributed by atoms with Crippen molar-refractivity contribution in [3.63, 3.8) is 0 Å². The Balaban J connectivity index is 0.000000208. The third kappa shape index (κ3) is 9.53. The van der Waals surface area contributed by atoms with Crippen LogP contribution < -0.4 is 43.7 Å². The van der Waals surface area contributed by atoms with E-state index in [9.17, 15) is 0 Å². The second-order valence-corrected chi connectivity index (χ2v) is 26.6. The van der Waals surface area contributed by atoms with Gasteiger partial charge >= 0.3 is 0 Å². The quantitative estimate of drug-likeness (QED) is 0.146. The molecule has 54 heavy (non-hydrogen) atoms. The van der Waals surface area contributed by atoms with Crippen molar-refractivity contribution in [2.45, 2.75) is 114 Å². The van der Waals surface area contributed by atoms with Crippen LogP contribution in [0.4, 0.5) is 0 Å². The Kier molecular flexibility index (Phi) is 14.3. The van der Waals surface area contributed by atoms with E-state index >= 15 is 0 Å². The Hall–Kier alpha value is -2.93. The van der Waals surface area contributed by atoms with Crippen LogP contribution in [0.25, 0.3) is 0 Å². The van der Waals surface area contributed by atoms with Crippen LogP contribution in [-0.4, -0.2) is 54.0 Å². The van der Waals surface area contributed by atoms with E-state index in [-0.39, 0.29) is 34.2 Å². The molecule has 292 valence electrons. The standard InChI is InChI=1S/2C23H34N2OSi/c2*1-23(2,3)27(19-10-6-4-7-11-19,20-12-8-5-9-13-20)26-17-18-14-15-21(24)22(25)16-18/h2*4-13,18,21-22H,14-17,24-25H2,1-3H3. The molecule has 2 aliphatic carbocycles. The Morgan fingerprint density at radius 3 is 0.907 bits per heavy atom. The van der Waals surface area contributed by atoms with E-state index < -0.39 is 16.6 Å². The zero-order chi connectivity index (χ0) is 39.0. The Morgan fingerprint density at radius 2 is 0.685 bits per heavy atom. The molecule has 0 amide bonds. The lowest BCUT2D eigenvalue weighted by Gasteiger charge is -2.44. The van der Waals surface area contributed by atoms with Crippen LogP contribution in [0.2, 0.25) is 10.1 Å². The van der Waals surface area contributed by atoms with E-state index in [4.69, 9.17) is 31.8 Å². The van der Waals surface area contributed by atoms with E-state index in [1.54, 1.807) is 0 Å². The van der Waals surface area contributed by atoms with E-state index in [1.807, 2.05) is 0 Å². The van der Waals surface area contributed by atoms with Gasteiger partial charge in [-0.25, -0.2) is 0 Å². The minimum absolute atomic E-state index is 0.0168. The van der Waals surface area contributed by atoms with Gasteiger partial charge < -0.3 is 31.8 Å². The smallest absolute Gasteiger partial charge is 0.261 e. The van der Waals surface area contributed by atoms with Crippen LogP contribution in [0.5, 0.6) is 0 Å². The Morgan fingerprint density at radius 1 is 0.426 bits per heavy atom. The number of rotatable bonds is 10. The second kappa shape index (κ2) is 18.3. The summed E-state index contributed by atoms with van der Waals surface area (Å²) in [4.78, 5) is 0. The molecule has 2 saturated carbocycles. The number of nitrogens with two attached hydrogens (primary N) is 4. The van der Waals surface area contributed by atoms with Crippen LogP contribution in [0.15, 0.2) is 121 Å². The van der Waals surface area contributed by atoms with Gasteiger partial charge in [0.25, 0.3) is 16.6 Å². The van der Waals surface area contributed by atoms with E-state index in [2.05, 4.69) is 163 Å². The van der Waals surface area contributed by atoms with Gasteiger partial charge in [-0.05, 0) is 81.2 Å². The van der Waals surface area contributed by atoms with Gasteiger partial charge in [-0.15, -0.1) is 0 Å². The lowest BCUT2D eigenvalue weighted by Crippen LogP contribution is -2.67. The van der Waals surface area contributed by atoms with Crippen LogP contribution in [0, 0.1) is 11.8 Å². The van der Waals surface area contributed by atoms with Gasteiger partial charge in [-0.2, -0.15) is 0 Å². The second-order valence-electron chi connectivity index (χ2n) is 18.0. The Labute approximate surface area is 328 Å². The predicted octanol–water partition coefficient (Wildman–Crippen LogP) is 6.04. The van der Waals surface area contributed by atoms with Crippen molar-refractivity contribution in [3.8, 4) is 0 Å². The molecule has 0 heterocycles. The summed E-state index contributed by atoms with van der Waals surface area (Å²) in [5.74, 6) is 0.975. The first-order valence-corrected chi connectivity index (χ1v) is 24.0. The molecule has 0 radical (unpaired) electrons. The zero-order valence-electron chi connectivity index (χ0n) is 33.8. The molecule has 4 aromatic rings. The molecule has 4 aromatic carbocycles. The number of benzene rings is 4. The monoisotopic (exact) mass is 764 g/mol. The van der Waals surface area contributed by atoms with Crippen molar-refractivity contribution in [2.24, 2.45) is 34.8 Å². The Bertz CT molecular complexity index is 1480. The van der Waals surface area contributed by atoms with Crippen molar-refractivity contribution in [1.29, 1.82) is 0 Å². The van der Waals surface area contributed by atoms with Gasteiger partial charge in [0.15, 0.2) is 0 Å². The van der Waals surface area contributed by atoms with Crippen LogP contribution in [0.1, 0.15) is 80.1 Å². The first-order valence-electron chi connectivity index (χ1n) is 20.2. The van der Waals surface area contributed by atoms with Gasteiger partial charge in [0.2, 0.25) is 0 Å². The molecular formula is C46H68N4O2Si2. The first-order chi connectivity index (χ1) is 25.7. The highest BCUT2D eigenvalue weighted by atomic mass is 28.4. The number of hydrogen-bond acceptors (Lipinski definition) is 6. The molecule has 0 spiro atoms. The highest BCUT2D eigenvalue weighted by molar-refractivity contribution is 7.00. The lowest BCUT2D eigenvalue weighted by atomic mass is 9.84. The SMILES string of the molecule is CC(C)(C)[Si](OCC1CCC(N)C(N)C1)(c1ccccc1)c1ccccc1.CC(C)(C)[Si](OCC1CCC(N)C(N)C1)(c1ccccc1)c1ccccc1. The summed E-state index contributed by atoms with van der Waals surface area (Å²) in [6.07, 6.45) is 6.12. The topological polar surface area (TPSA) is 123 Å². The molecule has 6 unspecified atom stereocenters. The summed E-state index contributed by atoms with van der Waals surface area (Å²) in [6.45, 7) is 15.4. The zero-order valence-corrected chi connectivity index (χ0v) is 35.8. The number of hydrogen-bond donors (Lipinski definition) is 4. The highest BCUT2D eigenvalue weighted by Gasteiger charge is 2.51. The summed E-state index contributed by atoms with van der Waals surface area (Å²) >= 11 is 0. The summed E-state index contributed by atoms with van der Waals surface area (Å²) < 4.78 is 14.1. The van der Waals surface area contributed by atoms with E-state index in [1.165, 1.54) is 20.7 Å². The maximum absolute atomic E-state index is 7.03. The summed E-state index contributed by atoms with van der Waals surface area (Å²) in [7, 11) is -4.89. The van der Waals surface area contributed by atoms with Gasteiger partial charge in [0.05, 0.1) is 0 Å². The molecule has 0 aliphatic heterocycles. The molecule has 2 fully saturated rings. The van der Waals surface area contributed by atoms with Gasteiger partial charge in [0.1, 0.15) is 0 Å². The molecule has 6 rings (SSSR count). The maximum Gasteiger partial charge on any atom is 0.261 e. The maximum atomic E-state index is 7.03. The highest BCUT2D eigenvalue weighted by Crippen LogP contribution is 2.39. The van der Waals surface area contributed by atoms with Gasteiger partial charge in [0, 0.05) is 37.4 Å². The molecule has 8 heteroatoms. The summed E-state index contributed by atoms with van der Waals surface area (Å²) in [5.41, 5.74) is 24.7. The van der Waals surface area contributed by atoms with Crippen LogP contribution in [-0.2, 0) is 8.85 Å². The van der Waals surface area contributed by atoms with Gasteiger partial charge in [-0.3, -0.25) is 0 Å². The summed E-state index contributed by atoms with van der Waals surface area (Å²) in [5, 5.41) is 5.37. The lowest BCUT2D eigenvalue weighted by molar-refractivity contribution is 0.179. The fraction of sp³-hybridized carbons (Fsp3) is 0.478. The minimum atomic E-state index is -2.44. The average molecular weight is 765 g/mol. The van der Waals surface area contributed by atoms with Crippen molar-refractivity contribution < 1.29 is 8.85 Å². The van der Waals surface area contributed by atoms with Crippen molar-refractivity contribution in [1.82, 2.24) is 0 Å². The molecule has 6 nitrogen and oxygen atoms in total. The van der Waals surface area contributed by atoms with Crippen LogP contribution in [0.3, 0.4) is 0 Å². The molecule has 0 saturated heterocycles. The van der Waals surface area contributed by atoms with Crippen molar-refractivity contribution >= 4 is 37.4 Å². The molecule has 6 atom stereocenters. The largest absolute Gasteiger partial charge is 0.407 e. The van der Waals surface area contributed by atoms with Gasteiger partial charge in [-0.1, -0.05) is 163 Å². The fourth-order valence-corrected chi connectivity index (χ4v) is 18.2. The average Bonchev–Trinajstić information content (AvgIpc) is 3.16.